The second kappa shape index (κ2) is 7.39. The fraction of sp³-hybridized carbons (Fsp3) is 0.455. The van der Waals surface area contributed by atoms with E-state index in [4.69, 9.17) is 28.9 Å². The van der Waals surface area contributed by atoms with E-state index in [1.54, 1.807) is 0 Å². The Bertz CT molecular complexity index is 305. The van der Waals surface area contributed by atoms with Gasteiger partial charge in [0, 0.05) is 4.90 Å². The lowest BCUT2D eigenvalue weighted by Gasteiger charge is -2.03. The summed E-state index contributed by atoms with van der Waals surface area (Å²) in [7, 11) is 0. The minimum atomic E-state index is 0.615. The van der Waals surface area contributed by atoms with Gasteiger partial charge < -0.3 is 5.73 Å². The van der Waals surface area contributed by atoms with Crippen LogP contribution in [0.15, 0.2) is 23.1 Å². The number of hydrogen-bond donors (Lipinski definition) is 1. The van der Waals surface area contributed by atoms with Crippen LogP contribution in [-0.2, 0) is 0 Å². The number of benzene rings is 1. The maximum absolute atomic E-state index is 5.91. The Kier molecular flexibility index (Phi) is 6.50. The second-order valence-electron chi connectivity index (χ2n) is 3.27. The topological polar surface area (TPSA) is 26.0 Å². The molecule has 84 valence electrons. The van der Waals surface area contributed by atoms with Crippen LogP contribution in [0.3, 0.4) is 0 Å². The molecular formula is C11H15Cl2NS. The smallest absolute Gasteiger partial charge is 0.0603 e. The third-order valence-electron chi connectivity index (χ3n) is 2.01. The quantitative estimate of drug-likeness (QED) is 0.615. The molecule has 4 heteroatoms. The van der Waals surface area contributed by atoms with Crippen molar-refractivity contribution in [3.05, 3.63) is 28.2 Å². The number of nitrogens with two attached hydrogens (primary N) is 1. The molecule has 0 bridgehead atoms. The van der Waals surface area contributed by atoms with Crippen LogP contribution in [0.5, 0.6) is 0 Å². The molecule has 1 aromatic rings. The van der Waals surface area contributed by atoms with E-state index in [2.05, 4.69) is 0 Å². The lowest BCUT2D eigenvalue weighted by atomic mass is 10.2. The summed E-state index contributed by atoms with van der Waals surface area (Å²) in [6.45, 7) is 0.789. The Morgan fingerprint density at radius 2 is 1.87 bits per heavy atom. The van der Waals surface area contributed by atoms with E-state index in [-0.39, 0.29) is 0 Å². The molecule has 1 nitrogen and oxygen atoms in total. The average molecular weight is 264 g/mol. The monoisotopic (exact) mass is 263 g/mol. The third kappa shape index (κ3) is 5.12. The second-order valence-corrected chi connectivity index (χ2v) is 5.26. The number of rotatable bonds is 6. The molecule has 0 heterocycles. The van der Waals surface area contributed by atoms with Gasteiger partial charge in [0.25, 0.3) is 0 Å². The summed E-state index contributed by atoms with van der Waals surface area (Å²) >= 11 is 13.6. The Morgan fingerprint density at radius 3 is 2.53 bits per heavy atom. The van der Waals surface area contributed by atoms with Gasteiger partial charge in [0.05, 0.1) is 10.0 Å². The molecule has 2 N–H and O–H groups in total. The predicted molar refractivity (Wildman–Crippen MR) is 70.1 cm³/mol. The zero-order valence-electron chi connectivity index (χ0n) is 8.51. The van der Waals surface area contributed by atoms with Gasteiger partial charge in [0.2, 0.25) is 0 Å². The Morgan fingerprint density at radius 1 is 1.07 bits per heavy atom. The molecule has 0 radical (unpaired) electrons. The lowest BCUT2D eigenvalue weighted by molar-refractivity contribution is 0.732. The SMILES string of the molecule is NCCCCCSc1ccc(Cl)c(Cl)c1. The lowest BCUT2D eigenvalue weighted by Crippen LogP contribution is -1.97. The molecule has 0 aliphatic heterocycles. The van der Waals surface area contributed by atoms with Gasteiger partial charge in [-0.3, -0.25) is 0 Å². The summed E-state index contributed by atoms with van der Waals surface area (Å²) in [5.74, 6) is 1.11. The highest BCUT2D eigenvalue weighted by molar-refractivity contribution is 7.99. The van der Waals surface area contributed by atoms with E-state index in [0.29, 0.717) is 10.0 Å². The van der Waals surface area contributed by atoms with Crippen LogP contribution in [0.4, 0.5) is 0 Å². The molecule has 0 spiro atoms. The van der Waals surface area contributed by atoms with Crippen LogP contribution in [-0.4, -0.2) is 12.3 Å². The van der Waals surface area contributed by atoms with Crippen LogP contribution in [0.25, 0.3) is 0 Å². The summed E-state index contributed by atoms with van der Waals surface area (Å²) < 4.78 is 0. The van der Waals surface area contributed by atoms with E-state index in [9.17, 15) is 0 Å². The fourth-order valence-corrected chi connectivity index (χ4v) is 2.49. The van der Waals surface area contributed by atoms with Gasteiger partial charge in [0.15, 0.2) is 0 Å². The van der Waals surface area contributed by atoms with E-state index in [0.717, 1.165) is 18.7 Å². The van der Waals surface area contributed by atoms with Crippen molar-refractivity contribution >= 4 is 35.0 Å². The van der Waals surface area contributed by atoms with E-state index in [1.807, 2.05) is 30.0 Å². The molecule has 0 aliphatic carbocycles. The van der Waals surface area contributed by atoms with Crippen LogP contribution in [0.1, 0.15) is 19.3 Å². The van der Waals surface area contributed by atoms with Crippen LogP contribution >= 0.6 is 35.0 Å². The molecule has 0 amide bonds. The minimum Gasteiger partial charge on any atom is -0.330 e. The molecule has 1 rings (SSSR count). The van der Waals surface area contributed by atoms with Crippen molar-refractivity contribution in [1.29, 1.82) is 0 Å². The standard InChI is InChI=1S/C11H15Cl2NS/c12-10-5-4-9(8-11(10)13)15-7-3-1-2-6-14/h4-5,8H,1-3,6-7,14H2. The molecular weight excluding hydrogens is 249 g/mol. The van der Waals surface area contributed by atoms with Crippen molar-refractivity contribution in [3.63, 3.8) is 0 Å². The molecule has 1 aromatic carbocycles. The molecule has 0 saturated carbocycles. The van der Waals surface area contributed by atoms with Crippen molar-refractivity contribution in [2.75, 3.05) is 12.3 Å². The zero-order chi connectivity index (χ0) is 11.1. The van der Waals surface area contributed by atoms with Gasteiger partial charge in [-0.05, 0) is 43.3 Å². The first kappa shape index (κ1) is 13.2. The van der Waals surface area contributed by atoms with Crippen LogP contribution in [0.2, 0.25) is 10.0 Å². The summed E-state index contributed by atoms with van der Waals surface area (Å²) in [5, 5.41) is 1.24. The number of hydrogen-bond acceptors (Lipinski definition) is 2. The molecule has 0 aliphatic rings. The van der Waals surface area contributed by atoms with Crippen molar-refractivity contribution in [2.45, 2.75) is 24.2 Å². The van der Waals surface area contributed by atoms with Gasteiger partial charge in [0.1, 0.15) is 0 Å². The minimum absolute atomic E-state index is 0.615. The van der Waals surface area contributed by atoms with Crippen molar-refractivity contribution in [1.82, 2.24) is 0 Å². The highest BCUT2D eigenvalue weighted by Crippen LogP contribution is 2.28. The molecule has 0 unspecified atom stereocenters. The van der Waals surface area contributed by atoms with Crippen molar-refractivity contribution < 1.29 is 0 Å². The average Bonchev–Trinajstić information content (AvgIpc) is 2.23. The number of unbranched alkanes of at least 4 members (excludes halogenated alkanes) is 2. The predicted octanol–water partition coefficient (Wildman–Crippen LogP) is 4.21. The summed E-state index contributed by atoms with van der Waals surface area (Å²) in [6, 6.07) is 5.76. The van der Waals surface area contributed by atoms with E-state index in [1.165, 1.54) is 17.7 Å². The highest BCUT2D eigenvalue weighted by atomic mass is 35.5. The van der Waals surface area contributed by atoms with Gasteiger partial charge in [-0.25, -0.2) is 0 Å². The first-order chi connectivity index (χ1) is 7.24. The molecule has 0 fully saturated rings. The maximum atomic E-state index is 5.91. The maximum Gasteiger partial charge on any atom is 0.0603 e. The molecule has 15 heavy (non-hydrogen) atoms. The Hall–Kier alpha value is 0.110. The van der Waals surface area contributed by atoms with Crippen LogP contribution < -0.4 is 5.73 Å². The van der Waals surface area contributed by atoms with E-state index >= 15 is 0 Å². The summed E-state index contributed by atoms with van der Waals surface area (Å²) in [4.78, 5) is 1.18. The van der Waals surface area contributed by atoms with Crippen LogP contribution in [0, 0.1) is 0 Å². The molecule has 0 saturated heterocycles. The summed E-state index contributed by atoms with van der Waals surface area (Å²) in [5.41, 5.74) is 5.42. The first-order valence-electron chi connectivity index (χ1n) is 5.02. The number of halogens is 2. The molecule has 0 aromatic heterocycles. The molecule has 0 atom stereocenters. The Balaban J connectivity index is 2.28. The Labute approximate surface area is 105 Å². The van der Waals surface area contributed by atoms with Gasteiger partial charge in [-0.1, -0.05) is 29.6 Å². The first-order valence-corrected chi connectivity index (χ1v) is 6.76. The van der Waals surface area contributed by atoms with E-state index < -0.39 is 0 Å². The number of thioether (sulfide) groups is 1. The normalized spacial score (nSPS) is 10.6. The summed E-state index contributed by atoms with van der Waals surface area (Å²) in [6.07, 6.45) is 3.51. The largest absolute Gasteiger partial charge is 0.330 e. The zero-order valence-corrected chi connectivity index (χ0v) is 10.8. The fourth-order valence-electron chi connectivity index (χ4n) is 1.18. The van der Waals surface area contributed by atoms with Gasteiger partial charge in [-0.2, -0.15) is 0 Å². The van der Waals surface area contributed by atoms with Crippen molar-refractivity contribution in [2.24, 2.45) is 5.73 Å². The van der Waals surface area contributed by atoms with Gasteiger partial charge in [-0.15, -0.1) is 11.8 Å². The highest BCUT2D eigenvalue weighted by Gasteiger charge is 1.99. The third-order valence-corrected chi connectivity index (χ3v) is 3.83. The van der Waals surface area contributed by atoms with Gasteiger partial charge >= 0.3 is 0 Å². The van der Waals surface area contributed by atoms with Crippen molar-refractivity contribution in [3.8, 4) is 0 Å².